The Kier molecular flexibility index (Phi) is 6.43. The number of phenolic OH excluding ortho intramolecular Hbond substituents is 1. The quantitative estimate of drug-likeness (QED) is 0.738. The monoisotopic (exact) mass is 359 g/mol. The van der Waals surface area contributed by atoms with Crippen LogP contribution in [0.5, 0.6) is 17.2 Å². The molecule has 0 bridgehead atoms. The molecule has 2 aromatic rings. The first-order valence-corrected chi connectivity index (χ1v) is 7.92. The summed E-state index contributed by atoms with van der Waals surface area (Å²) < 4.78 is 15.1. The van der Waals surface area contributed by atoms with E-state index in [0.717, 1.165) is 5.56 Å². The SMILES string of the molecule is COC(=O)COc1ccc(C(=O)NC(C)c2cccc(O)c2)cc1OC. The second-order valence-corrected chi connectivity index (χ2v) is 5.52. The van der Waals surface area contributed by atoms with Gasteiger partial charge in [-0.05, 0) is 42.8 Å². The number of ether oxygens (including phenoxy) is 3. The van der Waals surface area contributed by atoms with Crippen LogP contribution in [0.3, 0.4) is 0 Å². The minimum absolute atomic E-state index is 0.136. The first kappa shape index (κ1) is 19.1. The molecule has 0 spiro atoms. The van der Waals surface area contributed by atoms with Gasteiger partial charge >= 0.3 is 5.97 Å². The minimum atomic E-state index is -0.520. The van der Waals surface area contributed by atoms with Crippen molar-refractivity contribution < 1.29 is 28.9 Å². The van der Waals surface area contributed by atoms with E-state index in [9.17, 15) is 14.7 Å². The van der Waals surface area contributed by atoms with Gasteiger partial charge in [-0.1, -0.05) is 12.1 Å². The van der Waals surface area contributed by atoms with Crippen LogP contribution in [-0.2, 0) is 9.53 Å². The summed E-state index contributed by atoms with van der Waals surface area (Å²) >= 11 is 0. The van der Waals surface area contributed by atoms with E-state index >= 15 is 0 Å². The number of esters is 1. The maximum Gasteiger partial charge on any atom is 0.343 e. The predicted molar refractivity (Wildman–Crippen MR) is 94.5 cm³/mol. The van der Waals surface area contributed by atoms with Crippen molar-refractivity contribution in [3.05, 3.63) is 53.6 Å². The zero-order chi connectivity index (χ0) is 19.1. The maximum atomic E-state index is 12.5. The van der Waals surface area contributed by atoms with Crippen LogP contribution in [0.1, 0.15) is 28.9 Å². The molecule has 2 N–H and O–H groups in total. The molecule has 138 valence electrons. The van der Waals surface area contributed by atoms with Gasteiger partial charge in [0.15, 0.2) is 18.1 Å². The lowest BCUT2D eigenvalue weighted by Gasteiger charge is -2.16. The number of carbonyl (C=O) groups excluding carboxylic acids is 2. The molecule has 1 unspecified atom stereocenters. The maximum absolute atomic E-state index is 12.5. The van der Waals surface area contributed by atoms with E-state index < -0.39 is 5.97 Å². The smallest absolute Gasteiger partial charge is 0.343 e. The van der Waals surface area contributed by atoms with Crippen LogP contribution < -0.4 is 14.8 Å². The van der Waals surface area contributed by atoms with E-state index in [2.05, 4.69) is 10.1 Å². The Bertz CT molecular complexity index is 789. The third-order valence-corrected chi connectivity index (χ3v) is 3.72. The molecule has 26 heavy (non-hydrogen) atoms. The highest BCUT2D eigenvalue weighted by atomic mass is 16.6. The highest BCUT2D eigenvalue weighted by Crippen LogP contribution is 2.28. The molecule has 0 aliphatic rings. The van der Waals surface area contributed by atoms with Crippen molar-refractivity contribution in [2.45, 2.75) is 13.0 Å². The van der Waals surface area contributed by atoms with E-state index in [4.69, 9.17) is 9.47 Å². The van der Waals surface area contributed by atoms with Gasteiger partial charge in [-0.15, -0.1) is 0 Å². The lowest BCUT2D eigenvalue weighted by molar-refractivity contribution is -0.142. The molecule has 1 amide bonds. The number of hydrogen-bond donors (Lipinski definition) is 2. The summed E-state index contributed by atoms with van der Waals surface area (Å²) in [5.74, 6) is -0.0353. The number of hydrogen-bond acceptors (Lipinski definition) is 6. The zero-order valence-corrected chi connectivity index (χ0v) is 14.8. The van der Waals surface area contributed by atoms with Crippen LogP contribution in [0.15, 0.2) is 42.5 Å². The number of carbonyl (C=O) groups is 2. The molecule has 7 nitrogen and oxygen atoms in total. The molecular weight excluding hydrogens is 338 g/mol. The van der Waals surface area contributed by atoms with Crippen LogP contribution in [0.25, 0.3) is 0 Å². The third kappa shape index (κ3) is 4.89. The van der Waals surface area contributed by atoms with Crippen LogP contribution in [0, 0.1) is 0 Å². The minimum Gasteiger partial charge on any atom is -0.508 e. The third-order valence-electron chi connectivity index (χ3n) is 3.72. The van der Waals surface area contributed by atoms with Crippen molar-refractivity contribution in [3.63, 3.8) is 0 Å². The van der Waals surface area contributed by atoms with Gasteiger partial charge in [0.25, 0.3) is 5.91 Å². The van der Waals surface area contributed by atoms with Gasteiger partial charge in [-0.25, -0.2) is 4.79 Å². The number of rotatable bonds is 7. The van der Waals surface area contributed by atoms with Gasteiger partial charge in [-0.2, -0.15) is 0 Å². The molecule has 0 aromatic heterocycles. The number of amides is 1. The predicted octanol–water partition coefficient (Wildman–Crippen LogP) is 2.44. The summed E-state index contributed by atoms with van der Waals surface area (Å²) in [4.78, 5) is 23.6. The molecule has 0 heterocycles. The molecule has 0 fully saturated rings. The lowest BCUT2D eigenvalue weighted by Crippen LogP contribution is -2.26. The molecule has 7 heteroatoms. The van der Waals surface area contributed by atoms with E-state index in [1.165, 1.54) is 20.3 Å². The fraction of sp³-hybridized carbons (Fsp3) is 0.263. The Balaban J connectivity index is 2.10. The molecule has 0 aliphatic heterocycles. The first-order chi connectivity index (χ1) is 12.4. The normalized spacial score (nSPS) is 11.3. The topological polar surface area (TPSA) is 94.1 Å². The number of methoxy groups -OCH3 is 2. The van der Waals surface area contributed by atoms with Gasteiger partial charge in [0.05, 0.1) is 20.3 Å². The summed E-state index contributed by atoms with van der Waals surface area (Å²) in [6, 6.07) is 11.0. The van der Waals surface area contributed by atoms with E-state index in [0.29, 0.717) is 17.1 Å². The Morgan fingerprint density at radius 3 is 2.54 bits per heavy atom. The molecule has 0 saturated heterocycles. The van der Waals surface area contributed by atoms with Crippen LogP contribution in [0.4, 0.5) is 0 Å². The molecule has 2 rings (SSSR count). The molecule has 2 aromatic carbocycles. The Morgan fingerprint density at radius 2 is 1.88 bits per heavy atom. The summed E-state index contributed by atoms with van der Waals surface area (Å²) in [5, 5.41) is 12.4. The van der Waals surface area contributed by atoms with Crippen LogP contribution in [-0.4, -0.2) is 37.8 Å². The largest absolute Gasteiger partial charge is 0.508 e. The van der Waals surface area contributed by atoms with E-state index in [1.807, 2.05) is 13.0 Å². The van der Waals surface area contributed by atoms with Crippen molar-refractivity contribution in [1.29, 1.82) is 0 Å². The number of nitrogens with one attached hydrogen (secondary N) is 1. The van der Waals surface area contributed by atoms with Gasteiger partial charge in [0, 0.05) is 5.56 Å². The number of phenols is 1. The molecule has 0 radical (unpaired) electrons. The molecule has 0 saturated carbocycles. The summed E-state index contributed by atoms with van der Waals surface area (Å²) in [6.07, 6.45) is 0. The van der Waals surface area contributed by atoms with Crippen LogP contribution >= 0.6 is 0 Å². The molecule has 0 aliphatic carbocycles. The highest BCUT2D eigenvalue weighted by molar-refractivity contribution is 5.95. The zero-order valence-electron chi connectivity index (χ0n) is 14.8. The first-order valence-electron chi connectivity index (χ1n) is 7.92. The Labute approximate surface area is 151 Å². The van der Waals surface area contributed by atoms with Gasteiger partial charge < -0.3 is 24.6 Å². The summed E-state index contributed by atoms with van der Waals surface area (Å²) in [6.45, 7) is 1.56. The standard InChI is InChI=1S/C19H21NO6/c1-12(13-5-4-6-15(21)9-13)20-19(23)14-7-8-16(17(10-14)24-2)26-11-18(22)25-3/h4-10,12,21H,11H2,1-3H3,(H,20,23). The second-order valence-electron chi connectivity index (χ2n) is 5.52. The van der Waals surface area contributed by atoms with E-state index in [-0.39, 0.29) is 24.3 Å². The fourth-order valence-corrected chi connectivity index (χ4v) is 2.28. The van der Waals surface area contributed by atoms with Gasteiger partial charge in [0.2, 0.25) is 0 Å². The fourth-order valence-electron chi connectivity index (χ4n) is 2.28. The van der Waals surface area contributed by atoms with Crippen molar-refractivity contribution in [2.75, 3.05) is 20.8 Å². The highest BCUT2D eigenvalue weighted by Gasteiger charge is 2.15. The lowest BCUT2D eigenvalue weighted by atomic mass is 10.1. The Hall–Kier alpha value is -3.22. The molecular formula is C19H21NO6. The molecule has 1 atom stereocenters. The summed E-state index contributed by atoms with van der Waals surface area (Å²) in [5.41, 5.74) is 1.16. The van der Waals surface area contributed by atoms with E-state index in [1.54, 1.807) is 30.3 Å². The second kappa shape index (κ2) is 8.75. The average molecular weight is 359 g/mol. The van der Waals surface area contributed by atoms with Crippen molar-refractivity contribution in [2.24, 2.45) is 0 Å². The summed E-state index contributed by atoms with van der Waals surface area (Å²) in [7, 11) is 2.71. The van der Waals surface area contributed by atoms with Gasteiger partial charge in [-0.3, -0.25) is 4.79 Å². The average Bonchev–Trinajstić information content (AvgIpc) is 2.65. The van der Waals surface area contributed by atoms with Crippen molar-refractivity contribution in [1.82, 2.24) is 5.32 Å². The van der Waals surface area contributed by atoms with Crippen molar-refractivity contribution in [3.8, 4) is 17.2 Å². The van der Waals surface area contributed by atoms with Crippen molar-refractivity contribution >= 4 is 11.9 Å². The Morgan fingerprint density at radius 1 is 1.12 bits per heavy atom. The van der Waals surface area contributed by atoms with Gasteiger partial charge in [0.1, 0.15) is 5.75 Å². The van der Waals surface area contributed by atoms with Crippen LogP contribution in [0.2, 0.25) is 0 Å². The number of benzene rings is 2. The number of aromatic hydroxyl groups is 1.